The molecule has 2 heterocycles. The molecule has 0 aromatic carbocycles. The first-order chi connectivity index (χ1) is 9.33. The summed E-state index contributed by atoms with van der Waals surface area (Å²) in [6.45, 7) is 11.0. The maximum atomic E-state index is 6.01. The molecule has 114 valence electrons. The number of anilines is 1. The fourth-order valence-corrected chi connectivity index (χ4v) is 3.16. The minimum atomic E-state index is 0.255. The Labute approximate surface area is 122 Å². The maximum Gasteiger partial charge on any atom is 0.244 e. The van der Waals surface area contributed by atoms with Gasteiger partial charge in [-0.15, -0.1) is 5.10 Å². The SMILES string of the molecule is CC(Cc1nc(N2CCCC(N)C2)n[nH]1)CC(C)(C)C. The van der Waals surface area contributed by atoms with Gasteiger partial charge >= 0.3 is 0 Å². The van der Waals surface area contributed by atoms with E-state index in [1.54, 1.807) is 0 Å². The van der Waals surface area contributed by atoms with Gasteiger partial charge in [-0.3, -0.25) is 5.10 Å². The number of nitrogens with two attached hydrogens (primary N) is 1. The third kappa shape index (κ3) is 4.47. The first-order valence-corrected chi connectivity index (χ1v) is 7.75. The van der Waals surface area contributed by atoms with E-state index in [4.69, 9.17) is 5.73 Å². The lowest BCUT2D eigenvalue weighted by molar-refractivity contribution is 0.304. The van der Waals surface area contributed by atoms with Gasteiger partial charge in [-0.2, -0.15) is 4.98 Å². The molecule has 2 unspecified atom stereocenters. The summed E-state index contributed by atoms with van der Waals surface area (Å²) in [5.41, 5.74) is 6.37. The Bertz CT molecular complexity index is 420. The summed E-state index contributed by atoms with van der Waals surface area (Å²) in [6, 6.07) is 0.255. The van der Waals surface area contributed by atoms with Crippen LogP contribution in [0.2, 0.25) is 0 Å². The molecule has 1 aliphatic heterocycles. The largest absolute Gasteiger partial charge is 0.338 e. The molecule has 1 aromatic heterocycles. The van der Waals surface area contributed by atoms with E-state index in [0.717, 1.165) is 44.1 Å². The van der Waals surface area contributed by atoms with Crippen molar-refractivity contribution in [1.29, 1.82) is 0 Å². The van der Waals surface area contributed by atoms with Gasteiger partial charge in [-0.1, -0.05) is 27.7 Å². The zero-order valence-corrected chi connectivity index (χ0v) is 13.3. The van der Waals surface area contributed by atoms with Crippen molar-refractivity contribution in [2.24, 2.45) is 17.1 Å². The van der Waals surface area contributed by atoms with Crippen LogP contribution in [0.25, 0.3) is 0 Å². The molecule has 1 aliphatic rings. The molecule has 2 atom stereocenters. The van der Waals surface area contributed by atoms with Gasteiger partial charge in [0.25, 0.3) is 0 Å². The van der Waals surface area contributed by atoms with Crippen LogP contribution in [0.1, 0.15) is 52.8 Å². The predicted molar refractivity (Wildman–Crippen MR) is 82.7 cm³/mol. The van der Waals surface area contributed by atoms with Gasteiger partial charge in [0.2, 0.25) is 5.95 Å². The molecule has 0 radical (unpaired) electrons. The second-order valence-electron chi connectivity index (χ2n) is 7.50. The Hall–Kier alpha value is -1.10. The minimum Gasteiger partial charge on any atom is -0.338 e. The van der Waals surface area contributed by atoms with Crippen LogP contribution in [0.4, 0.5) is 5.95 Å². The molecular weight excluding hydrogens is 250 g/mol. The van der Waals surface area contributed by atoms with E-state index in [9.17, 15) is 0 Å². The van der Waals surface area contributed by atoms with Gasteiger partial charge in [0.15, 0.2) is 0 Å². The van der Waals surface area contributed by atoms with E-state index in [2.05, 4.69) is 47.8 Å². The molecule has 0 bridgehead atoms. The summed E-state index contributed by atoms with van der Waals surface area (Å²) < 4.78 is 0. The molecule has 0 amide bonds. The second kappa shape index (κ2) is 6.12. The quantitative estimate of drug-likeness (QED) is 0.887. The van der Waals surface area contributed by atoms with E-state index in [-0.39, 0.29) is 6.04 Å². The van der Waals surface area contributed by atoms with Crippen molar-refractivity contribution in [2.75, 3.05) is 18.0 Å². The van der Waals surface area contributed by atoms with Gasteiger partial charge in [0.1, 0.15) is 5.82 Å². The molecule has 0 saturated carbocycles. The Balaban J connectivity index is 1.92. The number of nitrogens with zero attached hydrogens (tertiary/aromatic N) is 3. The van der Waals surface area contributed by atoms with Crippen molar-refractivity contribution < 1.29 is 0 Å². The van der Waals surface area contributed by atoms with Crippen LogP contribution in [-0.4, -0.2) is 34.3 Å². The van der Waals surface area contributed by atoms with Crippen molar-refractivity contribution in [3.8, 4) is 0 Å². The zero-order valence-electron chi connectivity index (χ0n) is 13.3. The number of rotatable bonds is 4. The normalized spacial score (nSPS) is 22.1. The summed E-state index contributed by atoms with van der Waals surface area (Å²) in [5.74, 6) is 2.42. The van der Waals surface area contributed by atoms with Crippen LogP contribution in [0.3, 0.4) is 0 Å². The molecule has 2 rings (SSSR count). The molecule has 5 nitrogen and oxygen atoms in total. The topological polar surface area (TPSA) is 70.8 Å². The molecule has 0 aliphatic carbocycles. The smallest absolute Gasteiger partial charge is 0.244 e. The van der Waals surface area contributed by atoms with Crippen LogP contribution in [0, 0.1) is 11.3 Å². The second-order valence-corrected chi connectivity index (χ2v) is 7.50. The minimum absolute atomic E-state index is 0.255. The van der Waals surface area contributed by atoms with Crippen LogP contribution < -0.4 is 10.6 Å². The Morgan fingerprint density at radius 3 is 2.85 bits per heavy atom. The highest BCUT2D eigenvalue weighted by molar-refractivity contribution is 5.30. The number of aromatic nitrogens is 3. The van der Waals surface area contributed by atoms with E-state index in [0.29, 0.717) is 11.3 Å². The molecular formula is C15H29N5. The third-order valence-electron chi connectivity index (χ3n) is 3.76. The van der Waals surface area contributed by atoms with Gasteiger partial charge in [-0.05, 0) is 30.6 Å². The van der Waals surface area contributed by atoms with Crippen molar-refractivity contribution in [3.63, 3.8) is 0 Å². The highest BCUT2D eigenvalue weighted by atomic mass is 15.4. The van der Waals surface area contributed by atoms with Crippen LogP contribution in [0.15, 0.2) is 0 Å². The number of piperidine rings is 1. The predicted octanol–water partition coefficient (Wildman–Crippen LogP) is 2.35. The molecule has 3 N–H and O–H groups in total. The van der Waals surface area contributed by atoms with Crippen LogP contribution >= 0.6 is 0 Å². The van der Waals surface area contributed by atoms with Crippen molar-refractivity contribution in [1.82, 2.24) is 15.2 Å². The van der Waals surface area contributed by atoms with E-state index in [1.807, 2.05) is 0 Å². The third-order valence-corrected chi connectivity index (χ3v) is 3.76. The number of hydrogen-bond donors (Lipinski definition) is 2. The van der Waals surface area contributed by atoms with Crippen molar-refractivity contribution in [2.45, 2.75) is 59.4 Å². The zero-order chi connectivity index (χ0) is 14.8. The summed E-state index contributed by atoms with van der Waals surface area (Å²) in [7, 11) is 0. The van der Waals surface area contributed by atoms with Gasteiger partial charge in [-0.25, -0.2) is 0 Å². The molecule has 0 spiro atoms. The summed E-state index contributed by atoms with van der Waals surface area (Å²) in [5, 5.41) is 7.45. The highest BCUT2D eigenvalue weighted by Gasteiger charge is 2.21. The average molecular weight is 279 g/mol. The summed E-state index contributed by atoms with van der Waals surface area (Å²) >= 11 is 0. The van der Waals surface area contributed by atoms with Gasteiger partial charge < -0.3 is 10.6 Å². The molecule has 1 aromatic rings. The average Bonchev–Trinajstić information content (AvgIpc) is 2.74. The monoisotopic (exact) mass is 279 g/mol. The fourth-order valence-electron chi connectivity index (χ4n) is 3.16. The van der Waals surface area contributed by atoms with E-state index >= 15 is 0 Å². The molecule has 20 heavy (non-hydrogen) atoms. The van der Waals surface area contributed by atoms with Gasteiger partial charge in [0, 0.05) is 25.6 Å². The highest BCUT2D eigenvalue weighted by Crippen LogP contribution is 2.26. The lowest BCUT2D eigenvalue weighted by atomic mass is 9.84. The molecule has 1 fully saturated rings. The maximum absolute atomic E-state index is 6.01. The lowest BCUT2D eigenvalue weighted by Gasteiger charge is -2.29. The standard InChI is InChI=1S/C15H29N5/c1-11(9-15(2,3)4)8-13-17-14(19-18-13)20-7-5-6-12(16)10-20/h11-12H,5-10,16H2,1-4H3,(H,17,18,19). The van der Waals surface area contributed by atoms with E-state index < -0.39 is 0 Å². The summed E-state index contributed by atoms with van der Waals surface area (Å²) in [4.78, 5) is 6.84. The number of nitrogens with one attached hydrogen (secondary N) is 1. The van der Waals surface area contributed by atoms with Crippen molar-refractivity contribution in [3.05, 3.63) is 5.82 Å². The number of H-pyrrole nitrogens is 1. The van der Waals surface area contributed by atoms with E-state index in [1.165, 1.54) is 6.42 Å². The summed E-state index contributed by atoms with van der Waals surface area (Å²) in [6.07, 6.45) is 4.39. The first kappa shape index (κ1) is 15.3. The Kier molecular flexibility index (Phi) is 4.68. The number of aromatic amines is 1. The van der Waals surface area contributed by atoms with Crippen LogP contribution in [0.5, 0.6) is 0 Å². The van der Waals surface area contributed by atoms with Crippen molar-refractivity contribution >= 4 is 5.95 Å². The Morgan fingerprint density at radius 2 is 2.20 bits per heavy atom. The number of hydrogen-bond acceptors (Lipinski definition) is 4. The first-order valence-electron chi connectivity index (χ1n) is 7.75. The Morgan fingerprint density at radius 1 is 1.45 bits per heavy atom. The van der Waals surface area contributed by atoms with Gasteiger partial charge in [0.05, 0.1) is 0 Å². The fraction of sp³-hybridized carbons (Fsp3) is 0.867. The van der Waals surface area contributed by atoms with Crippen LogP contribution in [-0.2, 0) is 6.42 Å². The molecule has 1 saturated heterocycles. The lowest BCUT2D eigenvalue weighted by Crippen LogP contribution is -2.43. The molecule has 5 heteroatoms.